The highest BCUT2D eigenvalue weighted by molar-refractivity contribution is 7.90. The van der Waals surface area contributed by atoms with Gasteiger partial charge in [-0.15, -0.1) is 0 Å². The van der Waals surface area contributed by atoms with Gasteiger partial charge in [-0.2, -0.15) is 18.3 Å². The van der Waals surface area contributed by atoms with Crippen molar-refractivity contribution < 1.29 is 21.6 Å². The third-order valence-electron chi connectivity index (χ3n) is 4.42. The van der Waals surface area contributed by atoms with E-state index in [1.807, 2.05) is 0 Å². The summed E-state index contributed by atoms with van der Waals surface area (Å²) < 4.78 is 63.6. The van der Waals surface area contributed by atoms with Crippen LogP contribution in [0.15, 0.2) is 29.3 Å². The lowest BCUT2D eigenvalue weighted by molar-refractivity contribution is -0.141. The maximum Gasteiger partial charge on any atom is 0.435 e. The van der Waals surface area contributed by atoms with E-state index >= 15 is 0 Å². The van der Waals surface area contributed by atoms with Gasteiger partial charge in [0.25, 0.3) is 0 Å². The molecule has 3 rings (SSSR count). The molecule has 0 aromatic carbocycles. The average molecular weight is 373 g/mol. The van der Waals surface area contributed by atoms with Crippen LogP contribution in [-0.4, -0.2) is 29.4 Å². The number of hydrogen-bond donors (Lipinski definition) is 0. The Hall–Kier alpha value is -1.90. The first-order valence-electron chi connectivity index (χ1n) is 8.00. The van der Waals surface area contributed by atoms with Crippen molar-refractivity contribution in [2.24, 2.45) is 0 Å². The molecule has 0 unspecified atom stereocenters. The highest BCUT2D eigenvalue weighted by atomic mass is 32.2. The molecule has 1 saturated carbocycles. The van der Waals surface area contributed by atoms with Gasteiger partial charge in [-0.3, -0.25) is 0 Å². The van der Waals surface area contributed by atoms with Gasteiger partial charge in [0.15, 0.2) is 21.3 Å². The van der Waals surface area contributed by atoms with E-state index in [-0.39, 0.29) is 16.6 Å². The predicted octanol–water partition coefficient (Wildman–Crippen LogP) is 3.74. The highest BCUT2D eigenvalue weighted by Crippen LogP contribution is 2.37. The Morgan fingerprint density at radius 3 is 2.36 bits per heavy atom. The molecule has 0 aliphatic heterocycles. The summed E-state index contributed by atoms with van der Waals surface area (Å²) in [7, 11) is -3.42. The van der Waals surface area contributed by atoms with Crippen LogP contribution in [0.1, 0.15) is 49.4 Å². The molecule has 0 saturated heterocycles. The van der Waals surface area contributed by atoms with E-state index in [2.05, 4.69) is 10.1 Å². The molecule has 9 heteroatoms. The Morgan fingerprint density at radius 2 is 1.84 bits per heavy atom. The first kappa shape index (κ1) is 17.9. The number of hydrogen-bond acceptors (Lipinski definition) is 4. The quantitative estimate of drug-likeness (QED) is 0.822. The molecule has 1 fully saturated rings. The van der Waals surface area contributed by atoms with E-state index in [0.29, 0.717) is 5.69 Å². The van der Waals surface area contributed by atoms with Gasteiger partial charge in [0.1, 0.15) is 0 Å². The van der Waals surface area contributed by atoms with Crippen LogP contribution in [0.4, 0.5) is 13.2 Å². The second-order valence-corrected chi connectivity index (χ2v) is 8.34. The van der Waals surface area contributed by atoms with Gasteiger partial charge in [0.05, 0.1) is 4.90 Å². The number of aromatic nitrogens is 3. The molecule has 0 amide bonds. The summed E-state index contributed by atoms with van der Waals surface area (Å²) in [6.45, 7) is 0. The summed E-state index contributed by atoms with van der Waals surface area (Å²) in [5, 5.41) is 3.70. The Kier molecular flexibility index (Phi) is 4.61. The van der Waals surface area contributed by atoms with Crippen molar-refractivity contribution in [3.05, 3.63) is 35.8 Å². The monoisotopic (exact) mass is 373 g/mol. The number of alkyl halides is 3. The summed E-state index contributed by atoms with van der Waals surface area (Å²) >= 11 is 0. The molecule has 0 bridgehead atoms. The van der Waals surface area contributed by atoms with E-state index in [1.165, 1.54) is 16.8 Å². The molecule has 25 heavy (non-hydrogen) atoms. The minimum absolute atomic E-state index is 0.00580. The number of sulfone groups is 1. The number of nitrogens with zero attached hydrogens (tertiary/aromatic N) is 3. The topological polar surface area (TPSA) is 64.8 Å². The van der Waals surface area contributed by atoms with Crippen LogP contribution in [0.2, 0.25) is 0 Å². The molecular weight excluding hydrogens is 355 g/mol. The lowest BCUT2D eigenvalue weighted by atomic mass is 9.87. The normalized spacial score (nSPS) is 17.0. The van der Waals surface area contributed by atoms with Gasteiger partial charge in [0, 0.05) is 24.1 Å². The van der Waals surface area contributed by atoms with Crippen LogP contribution < -0.4 is 0 Å². The zero-order valence-corrected chi connectivity index (χ0v) is 14.4. The largest absolute Gasteiger partial charge is 0.435 e. The Labute approximate surface area is 143 Å². The molecule has 0 spiro atoms. The Bertz CT molecular complexity index is 852. The fourth-order valence-corrected chi connectivity index (χ4v) is 3.68. The highest BCUT2D eigenvalue weighted by Gasteiger charge is 2.36. The van der Waals surface area contributed by atoms with E-state index in [1.54, 1.807) is 0 Å². The lowest BCUT2D eigenvalue weighted by Gasteiger charge is -2.22. The van der Waals surface area contributed by atoms with Crippen LogP contribution in [0.5, 0.6) is 0 Å². The molecular formula is C16H18F3N3O2S. The van der Waals surface area contributed by atoms with Gasteiger partial charge in [-0.05, 0) is 31.0 Å². The summed E-state index contributed by atoms with van der Waals surface area (Å²) in [4.78, 5) is 4.03. The second kappa shape index (κ2) is 6.44. The molecule has 136 valence electrons. The standard InChI is InChI=1S/C16H18F3N3O2S/c1-25(23,24)12-7-8-15(20-10-12)22-13(11-5-3-2-4-6-11)9-14(21-22)16(17,18)19/h7-11H,2-6H2,1H3. The van der Waals surface area contributed by atoms with Gasteiger partial charge < -0.3 is 0 Å². The second-order valence-electron chi connectivity index (χ2n) is 6.32. The third kappa shape index (κ3) is 3.86. The maximum atomic E-state index is 13.1. The van der Waals surface area contributed by atoms with Gasteiger partial charge in [-0.1, -0.05) is 19.3 Å². The molecule has 1 aliphatic carbocycles. The molecule has 5 nitrogen and oxygen atoms in total. The van der Waals surface area contributed by atoms with Crippen molar-refractivity contribution in [3.8, 4) is 5.82 Å². The van der Waals surface area contributed by atoms with Crippen LogP contribution in [0.25, 0.3) is 5.82 Å². The van der Waals surface area contributed by atoms with Crippen molar-refractivity contribution in [3.63, 3.8) is 0 Å². The number of rotatable bonds is 3. The minimum atomic E-state index is -4.54. The SMILES string of the molecule is CS(=O)(=O)c1ccc(-n2nc(C(F)(F)F)cc2C2CCCCC2)nc1. The first-order chi connectivity index (χ1) is 11.7. The minimum Gasteiger partial charge on any atom is -0.236 e. The number of pyridine rings is 1. The molecule has 2 aromatic heterocycles. The van der Waals surface area contributed by atoms with Crippen molar-refractivity contribution in [2.75, 3.05) is 6.26 Å². The summed E-state index contributed by atoms with van der Waals surface area (Å²) in [6.07, 6.45) is 2.29. The van der Waals surface area contributed by atoms with E-state index in [0.717, 1.165) is 50.6 Å². The van der Waals surface area contributed by atoms with E-state index < -0.39 is 21.7 Å². The lowest BCUT2D eigenvalue weighted by Crippen LogP contribution is -2.12. The third-order valence-corrected chi connectivity index (χ3v) is 5.51. The average Bonchev–Trinajstić information content (AvgIpc) is 3.00. The van der Waals surface area contributed by atoms with Crippen molar-refractivity contribution in [2.45, 2.75) is 49.1 Å². The van der Waals surface area contributed by atoms with Crippen molar-refractivity contribution in [1.82, 2.24) is 14.8 Å². The summed E-state index contributed by atoms with van der Waals surface area (Å²) in [5.41, 5.74) is -0.478. The smallest absolute Gasteiger partial charge is 0.236 e. The molecule has 0 radical (unpaired) electrons. The Morgan fingerprint density at radius 1 is 1.16 bits per heavy atom. The van der Waals surface area contributed by atoms with Gasteiger partial charge >= 0.3 is 6.18 Å². The molecule has 2 heterocycles. The van der Waals surface area contributed by atoms with Crippen LogP contribution >= 0.6 is 0 Å². The fourth-order valence-electron chi connectivity index (χ4n) is 3.12. The van der Waals surface area contributed by atoms with E-state index in [9.17, 15) is 21.6 Å². The van der Waals surface area contributed by atoms with Crippen LogP contribution in [0, 0.1) is 0 Å². The van der Waals surface area contributed by atoms with Crippen LogP contribution in [-0.2, 0) is 16.0 Å². The van der Waals surface area contributed by atoms with Crippen LogP contribution in [0.3, 0.4) is 0 Å². The zero-order chi connectivity index (χ0) is 18.2. The maximum absolute atomic E-state index is 13.1. The fraction of sp³-hybridized carbons (Fsp3) is 0.500. The van der Waals surface area contributed by atoms with Gasteiger partial charge in [-0.25, -0.2) is 18.1 Å². The molecule has 1 aliphatic rings. The number of halogens is 3. The zero-order valence-electron chi connectivity index (χ0n) is 13.6. The van der Waals surface area contributed by atoms with E-state index in [4.69, 9.17) is 0 Å². The molecule has 0 N–H and O–H groups in total. The summed E-state index contributed by atoms with van der Waals surface area (Å²) in [5.74, 6) is 0.178. The Balaban J connectivity index is 2.05. The van der Waals surface area contributed by atoms with Gasteiger partial charge in [0.2, 0.25) is 0 Å². The van der Waals surface area contributed by atoms with Crippen molar-refractivity contribution in [1.29, 1.82) is 0 Å². The molecule has 2 aromatic rings. The predicted molar refractivity (Wildman–Crippen MR) is 85.3 cm³/mol. The molecule has 0 atom stereocenters. The first-order valence-corrected chi connectivity index (χ1v) is 9.89. The van der Waals surface area contributed by atoms with Crippen molar-refractivity contribution >= 4 is 9.84 Å². The summed E-state index contributed by atoms with van der Waals surface area (Å²) in [6, 6.07) is 3.80.